The maximum absolute atomic E-state index is 12.3. The number of nitrogens with one attached hydrogen (secondary N) is 1. The van der Waals surface area contributed by atoms with Crippen LogP contribution in [0.3, 0.4) is 0 Å². The van der Waals surface area contributed by atoms with Gasteiger partial charge in [0.1, 0.15) is 5.75 Å². The molecule has 3 rings (SSSR count). The number of hydrogen-bond donors (Lipinski definition) is 1. The maximum atomic E-state index is 12.3. The Morgan fingerprint density at radius 1 is 1.12 bits per heavy atom. The lowest BCUT2D eigenvalue weighted by Crippen LogP contribution is -2.37. The van der Waals surface area contributed by atoms with Crippen LogP contribution in [0.4, 0.5) is 5.69 Å². The van der Waals surface area contributed by atoms with E-state index in [2.05, 4.69) is 5.32 Å². The van der Waals surface area contributed by atoms with Crippen LogP contribution >= 0.6 is 0 Å². The summed E-state index contributed by atoms with van der Waals surface area (Å²) >= 11 is 0. The number of amides is 2. The minimum absolute atomic E-state index is 0.00868. The number of rotatable bonds is 4. The molecule has 2 aromatic rings. The first kappa shape index (κ1) is 16.1. The molecule has 124 valence electrons. The zero-order valence-corrected chi connectivity index (χ0v) is 13.8. The first-order valence-electron chi connectivity index (χ1n) is 7.89. The van der Waals surface area contributed by atoms with Crippen LogP contribution in [-0.4, -0.2) is 31.5 Å². The van der Waals surface area contributed by atoms with Crippen molar-refractivity contribution in [2.45, 2.75) is 19.4 Å². The molecule has 2 amide bonds. The van der Waals surface area contributed by atoms with Gasteiger partial charge in [0.15, 0.2) is 0 Å². The van der Waals surface area contributed by atoms with Crippen LogP contribution in [0.2, 0.25) is 0 Å². The first-order chi connectivity index (χ1) is 11.6. The lowest BCUT2D eigenvalue weighted by molar-refractivity contribution is -0.117. The van der Waals surface area contributed by atoms with Crippen LogP contribution in [0.25, 0.3) is 0 Å². The second kappa shape index (κ2) is 6.74. The molecule has 0 aliphatic carbocycles. The van der Waals surface area contributed by atoms with Crippen LogP contribution in [-0.2, 0) is 4.79 Å². The number of ether oxygens (including phenoxy) is 1. The zero-order valence-electron chi connectivity index (χ0n) is 13.8. The number of anilines is 1. The van der Waals surface area contributed by atoms with Crippen molar-refractivity contribution in [1.82, 2.24) is 5.32 Å². The number of benzene rings is 2. The topological polar surface area (TPSA) is 58.6 Å². The molecule has 1 heterocycles. The minimum atomic E-state index is -0.187. The van der Waals surface area contributed by atoms with Crippen molar-refractivity contribution in [3.63, 3.8) is 0 Å². The van der Waals surface area contributed by atoms with Crippen molar-refractivity contribution in [3.05, 3.63) is 59.7 Å². The fourth-order valence-electron chi connectivity index (χ4n) is 2.79. The Hall–Kier alpha value is -2.82. The largest absolute Gasteiger partial charge is 0.497 e. The normalized spacial score (nSPS) is 17.0. The summed E-state index contributed by atoms with van der Waals surface area (Å²) < 4.78 is 5.13. The molecule has 0 saturated carbocycles. The summed E-state index contributed by atoms with van der Waals surface area (Å²) in [7, 11) is 1.60. The lowest BCUT2D eigenvalue weighted by Gasteiger charge is -2.17. The smallest absolute Gasteiger partial charge is 0.251 e. The molecular weight excluding hydrogens is 304 g/mol. The van der Waals surface area contributed by atoms with E-state index in [0.29, 0.717) is 18.5 Å². The highest BCUT2D eigenvalue weighted by Gasteiger charge is 2.31. The second-order valence-electron chi connectivity index (χ2n) is 5.94. The molecule has 1 saturated heterocycles. The van der Waals surface area contributed by atoms with Gasteiger partial charge in [-0.1, -0.05) is 17.7 Å². The Balaban J connectivity index is 1.65. The van der Waals surface area contributed by atoms with Crippen LogP contribution in [0.15, 0.2) is 48.5 Å². The lowest BCUT2D eigenvalue weighted by atomic mass is 10.1. The van der Waals surface area contributed by atoms with E-state index >= 15 is 0 Å². The van der Waals surface area contributed by atoms with Crippen LogP contribution in [0, 0.1) is 6.92 Å². The molecule has 0 bridgehead atoms. The standard InChI is InChI=1S/C19H20N2O3/c1-13-3-5-14(6-4-13)19(23)20-15-11-18(22)21(12-15)16-7-9-17(24-2)10-8-16/h3-10,15H,11-12H2,1-2H3,(H,20,23). The highest BCUT2D eigenvalue weighted by atomic mass is 16.5. The Morgan fingerprint density at radius 2 is 1.79 bits per heavy atom. The van der Waals surface area contributed by atoms with Crippen LogP contribution in [0.1, 0.15) is 22.3 Å². The molecule has 1 unspecified atom stereocenters. The van der Waals surface area contributed by atoms with Gasteiger partial charge in [0.2, 0.25) is 5.91 Å². The van der Waals surface area contributed by atoms with Gasteiger partial charge in [-0.05, 0) is 43.3 Å². The fraction of sp³-hybridized carbons (Fsp3) is 0.263. The number of methoxy groups -OCH3 is 1. The third-order valence-corrected chi connectivity index (χ3v) is 4.16. The van der Waals surface area contributed by atoms with E-state index in [9.17, 15) is 9.59 Å². The molecule has 0 spiro atoms. The Kier molecular flexibility index (Phi) is 4.51. The Morgan fingerprint density at radius 3 is 2.42 bits per heavy atom. The van der Waals surface area contributed by atoms with Gasteiger partial charge in [-0.15, -0.1) is 0 Å². The SMILES string of the molecule is COc1ccc(N2CC(NC(=O)c3ccc(C)cc3)CC2=O)cc1. The molecule has 0 radical (unpaired) electrons. The average Bonchev–Trinajstić information content (AvgIpc) is 2.95. The van der Waals surface area contributed by atoms with Crippen molar-refractivity contribution in [3.8, 4) is 5.75 Å². The summed E-state index contributed by atoms with van der Waals surface area (Å²) in [6.45, 7) is 2.45. The molecule has 5 nitrogen and oxygen atoms in total. The van der Waals surface area contributed by atoms with E-state index in [-0.39, 0.29) is 17.9 Å². The average molecular weight is 324 g/mol. The second-order valence-corrected chi connectivity index (χ2v) is 5.94. The van der Waals surface area contributed by atoms with Gasteiger partial charge in [-0.2, -0.15) is 0 Å². The summed E-state index contributed by atoms with van der Waals surface area (Å²) in [5.41, 5.74) is 2.53. The summed E-state index contributed by atoms with van der Waals surface area (Å²) in [4.78, 5) is 26.2. The van der Waals surface area contributed by atoms with E-state index in [1.807, 2.05) is 43.3 Å². The highest BCUT2D eigenvalue weighted by molar-refractivity contribution is 5.99. The number of hydrogen-bond acceptors (Lipinski definition) is 3. The molecule has 1 fully saturated rings. The summed E-state index contributed by atoms with van der Waals surface area (Å²) in [6.07, 6.45) is 0.309. The quantitative estimate of drug-likeness (QED) is 0.940. The molecule has 2 aromatic carbocycles. The Bertz CT molecular complexity index is 738. The molecule has 1 atom stereocenters. The van der Waals surface area contributed by atoms with Gasteiger partial charge in [0.25, 0.3) is 5.91 Å². The van der Waals surface area contributed by atoms with Crippen molar-refractivity contribution >= 4 is 17.5 Å². The van der Waals surface area contributed by atoms with E-state index < -0.39 is 0 Å². The van der Waals surface area contributed by atoms with Crippen molar-refractivity contribution in [1.29, 1.82) is 0 Å². The van der Waals surface area contributed by atoms with E-state index in [1.54, 1.807) is 24.1 Å². The van der Waals surface area contributed by atoms with Gasteiger partial charge < -0.3 is 15.0 Å². The minimum Gasteiger partial charge on any atom is -0.497 e. The predicted molar refractivity (Wildman–Crippen MR) is 92.4 cm³/mol. The molecule has 1 aliphatic heterocycles. The van der Waals surface area contributed by atoms with Gasteiger partial charge in [-0.3, -0.25) is 9.59 Å². The molecule has 5 heteroatoms. The van der Waals surface area contributed by atoms with Gasteiger partial charge in [0, 0.05) is 24.2 Å². The van der Waals surface area contributed by atoms with E-state index in [1.165, 1.54) is 0 Å². The van der Waals surface area contributed by atoms with Crippen molar-refractivity contribution < 1.29 is 14.3 Å². The number of carbonyl (C=O) groups is 2. The molecule has 1 aliphatic rings. The van der Waals surface area contributed by atoms with Crippen molar-refractivity contribution in [2.75, 3.05) is 18.6 Å². The third kappa shape index (κ3) is 3.40. The summed E-state index contributed by atoms with van der Waals surface area (Å²) in [5.74, 6) is 0.605. The predicted octanol–water partition coefficient (Wildman–Crippen LogP) is 2.54. The number of nitrogens with zero attached hydrogens (tertiary/aromatic N) is 1. The van der Waals surface area contributed by atoms with E-state index in [4.69, 9.17) is 4.74 Å². The zero-order chi connectivity index (χ0) is 17.1. The number of carbonyl (C=O) groups excluding carboxylic acids is 2. The fourth-order valence-corrected chi connectivity index (χ4v) is 2.79. The van der Waals surface area contributed by atoms with Crippen LogP contribution in [0.5, 0.6) is 5.75 Å². The molecule has 0 aromatic heterocycles. The highest BCUT2D eigenvalue weighted by Crippen LogP contribution is 2.24. The first-order valence-corrected chi connectivity index (χ1v) is 7.89. The molecular formula is C19H20N2O3. The van der Waals surface area contributed by atoms with Gasteiger partial charge >= 0.3 is 0 Å². The number of aryl methyl sites for hydroxylation is 1. The monoisotopic (exact) mass is 324 g/mol. The van der Waals surface area contributed by atoms with Crippen molar-refractivity contribution in [2.24, 2.45) is 0 Å². The van der Waals surface area contributed by atoms with Gasteiger partial charge in [0.05, 0.1) is 13.2 Å². The third-order valence-electron chi connectivity index (χ3n) is 4.16. The van der Waals surface area contributed by atoms with Crippen LogP contribution < -0.4 is 15.0 Å². The summed E-state index contributed by atoms with van der Waals surface area (Å²) in [6, 6.07) is 14.5. The molecule has 1 N–H and O–H groups in total. The maximum Gasteiger partial charge on any atom is 0.251 e. The van der Waals surface area contributed by atoms with Gasteiger partial charge in [-0.25, -0.2) is 0 Å². The molecule has 24 heavy (non-hydrogen) atoms. The summed E-state index contributed by atoms with van der Waals surface area (Å²) in [5, 5.41) is 2.94. The Labute approximate surface area is 141 Å². The van der Waals surface area contributed by atoms with E-state index in [0.717, 1.165) is 17.0 Å².